The number of carbonyl (C=O) groups excluding carboxylic acids is 2. The van der Waals surface area contributed by atoms with Crippen molar-refractivity contribution in [3.05, 3.63) is 94.0 Å². The summed E-state index contributed by atoms with van der Waals surface area (Å²) in [5.41, 5.74) is 1.80. The molecule has 1 N–H and O–H groups in total. The number of rotatable bonds is 11. The summed E-state index contributed by atoms with van der Waals surface area (Å²) in [6.07, 6.45) is 0.323. The lowest BCUT2D eigenvalue weighted by Crippen LogP contribution is -2.53. The highest BCUT2D eigenvalue weighted by Gasteiger charge is 2.34. The Kier molecular flexibility index (Phi) is 10.4. The summed E-state index contributed by atoms with van der Waals surface area (Å²) in [5.74, 6) is -0.865. The van der Waals surface area contributed by atoms with Gasteiger partial charge < -0.3 is 10.2 Å². The Morgan fingerprint density at radius 3 is 2.21 bits per heavy atom. The van der Waals surface area contributed by atoms with Crippen molar-refractivity contribution >= 4 is 50.7 Å². The van der Waals surface area contributed by atoms with Crippen LogP contribution < -0.4 is 9.62 Å². The van der Waals surface area contributed by atoms with E-state index in [9.17, 15) is 18.0 Å². The van der Waals surface area contributed by atoms with Gasteiger partial charge in [-0.2, -0.15) is 0 Å². The Morgan fingerprint density at radius 1 is 0.949 bits per heavy atom. The average Bonchev–Trinajstić information content (AvgIpc) is 2.87. The molecule has 0 unspecified atom stereocenters. The van der Waals surface area contributed by atoms with Crippen LogP contribution in [0.4, 0.5) is 5.69 Å². The van der Waals surface area contributed by atoms with E-state index < -0.39 is 28.5 Å². The molecule has 10 heteroatoms. The van der Waals surface area contributed by atoms with Crippen LogP contribution in [-0.2, 0) is 26.2 Å². The Hall–Kier alpha value is -3.07. The van der Waals surface area contributed by atoms with Crippen molar-refractivity contribution in [3.8, 4) is 0 Å². The first-order valence-corrected chi connectivity index (χ1v) is 14.8. The zero-order chi connectivity index (χ0) is 28.7. The molecular formula is C29H33Cl2N3O4S. The normalized spacial score (nSPS) is 12.2. The van der Waals surface area contributed by atoms with Gasteiger partial charge in [-0.15, -0.1) is 0 Å². The van der Waals surface area contributed by atoms with Gasteiger partial charge in [-0.05, 0) is 80.8 Å². The van der Waals surface area contributed by atoms with Crippen molar-refractivity contribution in [2.45, 2.75) is 57.6 Å². The number of aryl methyl sites for hydroxylation is 1. The van der Waals surface area contributed by atoms with E-state index in [2.05, 4.69) is 5.32 Å². The second kappa shape index (κ2) is 13.3. The van der Waals surface area contributed by atoms with Crippen LogP contribution in [-0.4, -0.2) is 43.8 Å². The number of amides is 2. The van der Waals surface area contributed by atoms with Crippen molar-refractivity contribution in [1.29, 1.82) is 0 Å². The molecule has 3 rings (SSSR count). The molecule has 2 amide bonds. The molecule has 0 aliphatic heterocycles. The number of hydrogen-bond acceptors (Lipinski definition) is 4. The van der Waals surface area contributed by atoms with Gasteiger partial charge in [-0.3, -0.25) is 13.9 Å². The van der Waals surface area contributed by atoms with Crippen molar-refractivity contribution in [3.63, 3.8) is 0 Å². The lowest BCUT2D eigenvalue weighted by molar-refractivity contribution is -0.140. The van der Waals surface area contributed by atoms with Crippen molar-refractivity contribution in [1.82, 2.24) is 10.2 Å². The van der Waals surface area contributed by atoms with Crippen LogP contribution in [0.1, 0.15) is 38.3 Å². The van der Waals surface area contributed by atoms with Gasteiger partial charge in [0.1, 0.15) is 12.6 Å². The van der Waals surface area contributed by atoms with Crippen molar-refractivity contribution < 1.29 is 18.0 Å². The minimum Gasteiger partial charge on any atom is -0.352 e. The first-order chi connectivity index (χ1) is 18.4. The molecular weight excluding hydrogens is 557 g/mol. The molecule has 0 heterocycles. The number of carbonyl (C=O) groups is 2. The van der Waals surface area contributed by atoms with Gasteiger partial charge in [0.05, 0.1) is 10.6 Å². The fourth-order valence-electron chi connectivity index (χ4n) is 4.16. The highest BCUT2D eigenvalue weighted by molar-refractivity contribution is 7.92. The molecule has 0 aliphatic rings. The monoisotopic (exact) mass is 589 g/mol. The van der Waals surface area contributed by atoms with Crippen LogP contribution in [0.2, 0.25) is 10.0 Å². The van der Waals surface area contributed by atoms with Crippen LogP contribution in [0.3, 0.4) is 0 Å². The molecule has 0 saturated carbocycles. The minimum atomic E-state index is -4.17. The van der Waals surface area contributed by atoms with Gasteiger partial charge in [0.15, 0.2) is 0 Å². The van der Waals surface area contributed by atoms with E-state index in [4.69, 9.17) is 23.2 Å². The second-order valence-electron chi connectivity index (χ2n) is 9.50. The maximum absolute atomic E-state index is 14.0. The summed E-state index contributed by atoms with van der Waals surface area (Å²) < 4.78 is 28.8. The molecule has 208 valence electrons. The zero-order valence-corrected chi connectivity index (χ0v) is 24.7. The van der Waals surface area contributed by atoms with Gasteiger partial charge in [0.25, 0.3) is 10.0 Å². The maximum atomic E-state index is 14.0. The molecule has 7 nitrogen and oxygen atoms in total. The van der Waals surface area contributed by atoms with E-state index >= 15 is 0 Å². The molecule has 1 atom stereocenters. The average molecular weight is 591 g/mol. The molecule has 0 saturated heterocycles. The Morgan fingerprint density at radius 2 is 1.62 bits per heavy atom. The SMILES string of the molecule is CC[C@H](C(=O)NC(C)C)N(Cc1ccccc1Cl)C(=O)CN(c1cccc(C)c1)S(=O)(=O)c1ccc(Cl)cc1. The number of benzene rings is 3. The summed E-state index contributed by atoms with van der Waals surface area (Å²) in [6.45, 7) is 6.83. The topological polar surface area (TPSA) is 86.8 Å². The highest BCUT2D eigenvalue weighted by atomic mass is 35.5. The van der Waals surface area contributed by atoms with Gasteiger partial charge in [0.2, 0.25) is 11.8 Å². The largest absolute Gasteiger partial charge is 0.352 e. The molecule has 0 bridgehead atoms. The number of nitrogens with one attached hydrogen (secondary N) is 1. The lowest BCUT2D eigenvalue weighted by atomic mass is 10.1. The number of anilines is 1. The van der Waals surface area contributed by atoms with Gasteiger partial charge in [-0.25, -0.2) is 8.42 Å². The lowest BCUT2D eigenvalue weighted by Gasteiger charge is -2.33. The number of hydrogen-bond donors (Lipinski definition) is 1. The quantitative estimate of drug-likeness (QED) is 0.305. The zero-order valence-electron chi connectivity index (χ0n) is 22.4. The molecule has 39 heavy (non-hydrogen) atoms. The standard InChI is InChI=1S/C29H33Cl2N3O4S/c1-5-27(29(36)32-20(2)3)33(18-22-10-6-7-12-26(22)31)28(35)19-34(24-11-8-9-21(4)17-24)39(37,38)25-15-13-23(30)14-16-25/h6-17,20,27H,5,18-19H2,1-4H3,(H,32,36)/t27-/m1/s1. The van der Waals surface area contributed by atoms with Crippen molar-refractivity contribution in [2.75, 3.05) is 10.8 Å². The molecule has 0 spiro atoms. The van der Waals surface area contributed by atoms with Crippen LogP contribution in [0.5, 0.6) is 0 Å². The number of nitrogens with zero attached hydrogens (tertiary/aromatic N) is 2. The van der Waals surface area contributed by atoms with E-state index in [1.165, 1.54) is 29.2 Å². The fraction of sp³-hybridized carbons (Fsp3) is 0.310. The number of sulfonamides is 1. The number of halogens is 2. The summed E-state index contributed by atoms with van der Waals surface area (Å²) in [7, 11) is -4.17. The smallest absolute Gasteiger partial charge is 0.264 e. The third kappa shape index (κ3) is 7.75. The molecule has 0 fully saturated rings. The summed E-state index contributed by atoms with van der Waals surface area (Å²) in [5, 5.41) is 3.71. The third-order valence-electron chi connectivity index (χ3n) is 6.09. The molecule has 0 aromatic heterocycles. The van der Waals surface area contributed by atoms with E-state index in [0.29, 0.717) is 27.7 Å². The van der Waals surface area contributed by atoms with E-state index in [1.807, 2.05) is 26.8 Å². The molecule has 0 aliphatic carbocycles. The highest BCUT2D eigenvalue weighted by Crippen LogP contribution is 2.27. The fourth-order valence-corrected chi connectivity index (χ4v) is 5.88. The Balaban J connectivity index is 2.08. The predicted molar refractivity (Wildman–Crippen MR) is 157 cm³/mol. The van der Waals surface area contributed by atoms with E-state index in [0.717, 1.165) is 9.87 Å². The molecule has 3 aromatic rings. The minimum absolute atomic E-state index is 0.0107. The Bertz CT molecular complexity index is 1410. The second-order valence-corrected chi connectivity index (χ2v) is 12.2. The van der Waals surface area contributed by atoms with Crippen LogP contribution in [0, 0.1) is 6.92 Å². The first-order valence-electron chi connectivity index (χ1n) is 12.6. The molecule has 3 aromatic carbocycles. The van der Waals surface area contributed by atoms with E-state index in [-0.39, 0.29) is 23.4 Å². The predicted octanol–water partition coefficient (Wildman–Crippen LogP) is 5.83. The first kappa shape index (κ1) is 30.5. The van der Waals surface area contributed by atoms with E-state index in [1.54, 1.807) is 49.4 Å². The summed E-state index contributed by atoms with van der Waals surface area (Å²) >= 11 is 12.4. The Labute approximate surface area is 240 Å². The summed E-state index contributed by atoms with van der Waals surface area (Å²) in [4.78, 5) is 28.6. The van der Waals surface area contributed by atoms with Gasteiger partial charge >= 0.3 is 0 Å². The van der Waals surface area contributed by atoms with Crippen molar-refractivity contribution in [2.24, 2.45) is 0 Å². The maximum Gasteiger partial charge on any atom is 0.264 e. The van der Waals surface area contributed by atoms with Crippen LogP contribution in [0.15, 0.2) is 77.7 Å². The molecule has 0 radical (unpaired) electrons. The van der Waals surface area contributed by atoms with Crippen LogP contribution >= 0.6 is 23.2 Å². The summed E-state index contributed by atoms with van der Waals surface area (Å²) in [6, 6.07) is 18.7. The van der Waals surface area contributed by atoms with Crippen LogP contribution in [0.25, 0.3) is 0 Å². The third-order valence-corrected chi connectivity index (χ3v) is 8.49. The van der Waals surface area contributed by atoms with Gasteiger partial charge in [-0.1, -0.05) is 60.5 Å². The van der Waals surface area contributed by atoms with Gasteiger partial charge in [0, 0.05) is 22.6 Å².